The maximum Gasteiger partial charge on any atom is 0.343 e. The molecule has 144 valence electrons. The molecule has 0 aliphatic heterocycles. The van der Waals surface area contributed by atoms with Crippen LogP contribution in [0.4, 0.5) is 5.69 Å². The number of carbonyl (C=O) groups excluding carboxylic acids is 2. The number of aromatic nitrogens is 1. The van der Waals surface area contributed by atoms with Crippen molar-refractivity contribution in [3.05, 3.63) is 64.1 Å². The van der Waals surface area contributed by atoms with E-state index >= 15 is 0 Å². The van der Waals surface area contributed by atoms with E-state index in [-0.39, 0.29) is 12.5 Å². The van der Waals surface area contributed by atoms with Gasteiger partial charge in [0, 0.05) is 16.3 Å². The summed E-state index contributed by atoms with van der Waals surface area (Å²) in [6, 6.07) is 14.0. The van der Waals surface area contributed by atoms with E-state index in [1.54, 1.807) is 43.3 Å². The van der Waals surface area contributed by atoms with Gasteiger partial charge in [-0.2, -0.15) is 0 Å². The van der Waals surface area contributed by atoms with E-state index < -0.39 is 5.97 Å². The fourth-order valence-corrected chi connectivity index (χ4v) is 3.44. The number of anilines is 1. The van der Waals surface area contributed by atoms with Crippen LogP contribution in [-0.4, -0.2) is 30.6 Å². The van der Waals surface area contributed by atoms with Crippen LogP contribution in [-0.2, 0) is 9.53 Å². The lowest BCUT2D eigenvalue weighted by Crippen LogP contribution is -2.13. The van der Waals surface area contributed by atoms with E-state index in [9.17, 15) is 9.59 Å². The largest absolute Gasteiger partial charge is 0.482 e. The summed E-state index contributed by atoms with van der Waals surface area (Å²) in [5.41, 5.74) is 2.17. The lowest BCUT2D eigenvalue weighted by Gasteiger charge is -2.07. The first-order valence-corrected chi connectivity index (χ1v) is 9.50. The van der Waals surface area contributed by atoms with Gasteiger partial charge in [-0.25, -0.2) is 9.78 Å². The molecule has 2 aromatic carbocycles. The van der Waals surface area contributed by atoms with Gasteiger partial charge in [0.05, 0.1) is 12.8 Å². The van der Waals surface area contributed by atoms with Gasteiger partial charge in [0.2, 0.25) is 0 Å². The summed E-state index contributed by atoms with van der Waals surface area (Å²) in [5, 5.41) is 4.24. The van der Waals surface area contributed by atoms with Crippen LogP contribution in [0, 0.1) is 6.92 Å². The van der Waals surface area contributed by atoms with Crippen LogP contribution in [0.3, 0.4) is 0 Å². The molecule has 1 N–H and O–H groups in total. The molecule has 0 bridgehead atoms. The standard InChI is InChI=1S/C20H17ClN2O4S/c1-12-18(28-20(22-12)13-3-5-14(21)6-4-13)19(25)23-15-7-9-16(10-8-15)27-11-17(24)26-2/h3-10H,11H2,1-2H3,(H,23,25). The number of hydrogen-bond acceptors (Lipinski definition) is 6. The highest BCUT2D eigenvalue weighted by atomic mass is 35.5. The molecule has 0 atom stereocenters. The molecule has 1 amide bonds. The topological polar surface area (TPSA) is 77.5 Å². The summed E-state index contributed by atoms with van der Waals surface area (Å²) in [7, 11) is 1.30. The van der Waals surface area contributed by atoms with Gasteiger partial charge < -0.3 is 14.8 Å². The highest BCUT2D eigenvalue weighted by Gasteiger charge is 2.16. The fraction of sp³-hybridized carbons (Fsp3) is 0.150. The van der Waals surface area contributed by atoms with Crippen molar-refractivity contribution in [2.75, 3.05) is 19.0 Å². The number of carbonyl (C=O) groups is 2. The predicted molar refractivity (Wildman–Crippen MR) is 109 cm³/mol. The Hall–Kier alpha value is -2.90. The second kappa shape index (κ2) is 8.86. The van der Waals surface area contributed by atoms with Crippen LogP contribution in [0.2, 0.25) is 5.02 Å². The first-order chi connectivity index (χ1) is 13.5. The minimum Gasteiger partial charge on any atom is -0.482 e. The van der Waals surface area contributed by atoms with E-state index in [2.05, 4.69) is 15.0 Å². The number of ether oxygens (including phenoxy) is 2. The quantitative estimate of drug-likeness (QED) is 0.595. The molecule has 1 heterocycles. The van der Waals surface area contributed by atoms with Crippen molar-refractivity contribution in [3.8, 4) is 16.3 Å². The number of hydrogen-bond donors (Lipinski definition) is 1. The number of esters is 1. The van der Waals surface area contributed by atoms with Crippen LogP contribution >= 0.6 is 22.9 Å². The van der Waals surface area contributed by atoms with Gasteiger partial charge in [-0.15, -0.1) is 11.3 Å². The third kappa shape index (κ3) is 4.88. The number of nitrogens with zero attached hydrogens (tertiary/aromatic N) is 1. The van der Waals surface area contributed by atoms with Crippen LogP contribution in [0.15, 0.2) is 48.5 Å². The molecule has 0 radical (unpaired) electrons. The molecule has 3 aromatic rings. The number of rotatable bonds is 6. The Bertz CT molecular complexity index is 984. The van der Waals surface area contributed by atoms with E-state index in [1.807, 2.05) is 12.1 Å². The average molecular weight is 417 g/mol. The van der Waals surface area contributed by atoms with Gasteiger partial charge in [-0.3, -0.25) is 4.79 Å². The molecule has 6 nitrogen and oxygen atoms in total. The van der Waals surface area contributed by atoms with Crippen molar-refractivity contribution in [1.82, 2.24) is 4.98 Å². The van der Waals surface area contributed by atoms with Crippen molar-refractivity contribution in [2.24, 2.45) is 0 Å². The van der Waals surface area contributed by atoms with Gasteiger partial charge in [-0.1, -0.05) is 23.7 Å². The zero-order valence-corrected chi connectivity index (χ0v) is 16.8. The Morgan fingerprint density at radius 3 is 2.43 bits per heavy atom. The summed E-state index contributed by atoms with van der Waals surface area (Å²) < 4.78 is 9.79. The Labute approximate surface area is 171 Å². The normalized spacial score (nSPS) is 10.4. The molecule has 8 heteroatoms. The smallest absolute Gasteiger partial charge is 0.343 e. The summed E-state index contributed by atoms with van der Waals surface area (Å²) in [6.45, 7) is 1.63. The van der Waals surface area contributed by atoms with E-state index in [0.29, 0.717) is 27.0 Å². The second-order valence-corrected chi connectivity index (χ2v) is 7.22. The van der Waals surface area contributed by atoms with Crippen molar-refractivity contribution in [2.45, 2.75) is 6.92 Å². The Kier molecular flexibility index (Phi) is 6.28. The maximum atomic E-state index is 12.6. The van der Waals surface area contributed by atoms with Gasteiger partial charge >= 0.3 is 5.97 Å². The van der Waals surface area contributed by atoms with Gasteiger partial charge in [0.25, 0.3) is 5.91 Å². The minimum atomic E-state index is -0.463. The molecule has 28 heavy (non-hydrogen) atoms. The third-order valence-corrected chi connectivity index (χ3v) is 5.25. The van der Waals surface area contributed by atoms with Gasteiger partial charge in [0.1, 0.15) is 15.6 Å². The second-order valence-electron chi connectivity index (χ2n) is 5.78. The predicted octanol–water partition coefficient (Wildman–Crippen LogP) is 4.58. The number of thiazole rings is 1. The number of benzene rings is 2. The number of halogens is 1. The molecule has 3 rings (SSSR count). The maximum absolute atomic E-state index is 12.6. The highest BCUT2D eigenvalue weighted by molar-refractivity contribution is 7.17. The summed E-state index contributed by atoms with van der Waals surface area (Å²) >= 11 is 7.24. The van der Waals surface area contributed by atoms with Crippen LogP contribution in [0.1, 0.15) is 15.4 Å². The first kappa shape index (κ1) is 19.9. The highest BCUT2D eigenvalue weighted by Crippen LogP contribution is 2.29. The summed E-state index contributed by atoms with van der Waals surface area (Å²) in [5.74, 6) is -0.199. The van der Waals surface area contributed by atoms with Gasteiger partial charge in [-0.05, 0) is 43.3 Å². The van der Waals surface area contributed by atoms with Gasteiger partial charge in [0.15, 0.2) is 6.61 Å². The number of aryl methyl sites for hydroxylation is 1. The SMILES string of the molecule is COC(=O)COc1ccc(NC(=O)c2sc(-c3ccc(Cl)cc3)nc2C)cc1. The zero-order chi connectivity index (χ0) is 20.1. The van der Waals surface area contributed by atoms with Crippen molar-refractivity contribution < 1.29 is 19.1 Å². The fourth-order valence-electron chi connectivity index (χ4n) is 2.35. The number of methoxy groups -OCH3 is 1. The molecule has 0 spiro atoms. The van der Waals surface area contributed by atoms with E-state index in [1.165, 1.54) is 18.4 Å². The lowest BCUT2D eigenvalue weighted by molar-refractivity contribution is -0.142. The number of nitrogens with one attached hydrogen (secondary N) is 1. The molecular formula is C20H17ClN2O4S. The van der Waals surface area contributed by atoms with Crippen LogP contribution in [0.25, 0.3) is 10.6 Å². The lowest BCUT2D eigenvalue weighted by atomic mass is 10.2. The minimum absolute atomic E-state index is 0.171. The zero-order valence-electron chi connectivity index (χ0n) is 15.2. The molecule has 0 aliphatic rings. The summed E-state index contributed by atoms with van der Waals surface area (Å²) in [4.78, 5) is 28.7. The monoisotopic (exact) mass is 416 g/mol. The molecule has 0 saturated carbocycles. The Morgan fingerprint density at radius 2 is 1.79 bits per heavy atom. The van der Waals surface area contributed by atoms with Crippen molar-refractivity contribution in [1.29, 1.82) is 0 Å². The first-order valence-electron chi connectivity index (χ1n) is 8.30. The molecule has 0 aliphatic carbocycles. The Balaban J connectivity index is 1.68. The van der Waals surface area contributed by atoms with E-state index in [0.717, 1.165) is 10.6 Å². The Morgan fingerprint density at radius 1 is 1.11 bits per heavy atom. The van der Waals surface area contributed by atoms with Crippen LogP contribution < -0.4 is 10.1 Å². The molecule has 1 aromatic heterocycles. The summed E-state index contributed by atoms with van der Waals surface area (Å²) in [6.07, 6.45) is 0. The van der Waals surface area contributed by atoms with E-state index in [4.69, 9.17) is 16.3 Å². The number of amides is 1. The molecule has 0 fully saturated rings. The average Bonchev–Trinajstić information content (AvgIpc) is 3.09. The van der Waals surface area contributed by atoms with Crippen LogP contribution in [0.5, 0.6) is 5.75 Å². The van der Waals surface area contributed by atoms with Crippen molar-refractivity contribution in [3.63, 3.8) is 0 Å². The molecule has 0 unspecified atom stereocenters. The van der Waals surface area contributed by atoms with Crippen molar-refractivity contribution >= 4 is 40.5 Å². The molecule has 0 saturated heterocycles. The third-order valence-electron chi connectivity index (χ3n) is 3.79. The molecular weight excluding hydrogens is 400 g/mol.